The van der Waals surface area contributed by atoms with Gasteiger partial charge in [-0.25, -0.2) is 0 Å². The minimum atomic E-state index is 1.24. The molecule has 5 rings (SSSR count). The molecule has 0 amide bonds. The second-order valence-electron chi connectivity index (χ2n) is 6.00. The largest absolute Gasteiger partial charge is 0.181 e. The maximum absolute atomic E-state index is 7.26. The van der Waals surface area contributed by atoms with E-state index in [-0.39, 0.29) is 0 Å². The molecule has 0 unspecified atom stereocenters. The summed E-state index contributed by atoms with van der Waals surface area (Å²) in [5, 5.41) is 14.5. The Balaban J connectivity index is 0.000000387. The van der Waals surface area contributed by atoms with Crippen LogP contribution in [0, 0.1) is 22.7 Å². The highest BCUT2D eigenvalue weighted by molar-refractivity contribution is 5.01. The first-order valence-corrected chi connectivity index (χ1v) is 10.7. The average molecular weight is 443 g/mol. The summed E-state index contributed by atoms with van der Waals surface area (Å²) in [5.74, 6) is 0. The summed E-state index contributed by atoms with van der Waals surface area (Å²) in [6, 6.07) is 62.5. The number of hydrogen-bond donors (Lipinski definition) is 0. The zero-order valence-corrected chi connectivity index (χ0v) is 19.2. The maximum Gasteiger partial charge on any atom is 0.181 e. The van der Waals surface area contributed by atoms with E-state index in [4.69, 9.17) is 10.5 Å². The van der Waals surface area contributed by atoms with Gasteiger partial charge in [-0.2, -0.15) is 10.5 Å². The van der Waals surface area contributed by atoms with Gasteiger partial charge >= 0.3 is 0 Å². The number of nitriles is 2. The van der Waals surface area contributed by atoms with E-state index in [0.29, 0.717) is 0 Å². The van der Waals surface area contributed by atoms with Crippen LogP contribution in [0.5, 0.6) is 0 Å². The molecule has 168 valence electrons. The van der Waals surface area contributed by atoms with Crippen molar-refractivity contribution < 1.29 is 0 Å². The quantitative estimate of drug-likeness (QED) is 0.241. The van der Waals surface area contributed by atoms with Crippen LogP contribution >= 0.6 is 0 Å². The Morgan fingerprint density at radius 3 is 0.265 bits per heavy atom. The number of hydrogen-bond acceptors (Lipinski definition) is 2. The molecule has 0 aliphatic carbocycles. The second kappa shape index (κ2) is 28.1. The van der Waals surface area contributed by atoms with Crippen molar-refractivity contribution in [2.24, 2.45) is 0 Å². The highest BCUT2D eigenvalue weighted by Gasteiger charge is 1.60. The van der Waals surface area contributed by atoms with E-state index in [1.165, 1.54) is 12.1 Å². The zero-order chi connectivity index (χ0) is 24.6. The van der Waals surface area contributed by atoms with E-state index in [1.54, 1.807) is 0 Å². The Morgan fingerprint density at radius 1 is 0.176 bits per heavy atom. The van der Waals surface area contributed by atoms with Crippen LogP contribution in [0.3, 0.4) is 0 Å². The minimum Gasteiger partial charge on any atom is -0.181 e. The molecule has 0 aliphatic heterocycles. The molecule has 0 saturated heterocycles. The first kappa shape index (κ1) is 29.1. The van der Waals surface area contributed by atoms with E-state index in [2.05, 4.69) is 0 Å². The Hall–Kier alpha value is -4.92. The molecule has 0 N–H and O–H groups in total. The van der Waals surface area contributed by atoms with Crippen LogP contribution in [0.15, 0.2) is 182 Å². The smallest absolute Gasteiger partial charge is 0.181 e. The summed E-state index contributed by atoms with van der Waals surface area (Å²) in [6.45, 7) is 0. The SMILES string of the molecule is N#CC#N.c1ccccc1.c1ccccc1.c1ccccc1.c1ccccc1.c1ccccc1. The molecule has 0 atom stereocenters. The van der Waals surface area contributed by atoms with Crippen molar-refractivity contribution in [1.82, 2.24) is 0 Å². The van der Waals surface area contributed by atoms with Crippen LogP contribution in [-0.4, -0.2) is 0 Å². The van der Waals surface area contributed by atoms with Crippen LogP contribution in [0.4, 0.5) is 0 Å². The summed E-state index contributed by atoms with van der Waals surface area (Å²) >= 11 is 0. The summed E-state index contributed by atoms with van der Waals surface area (Å²) in [5.41, 5.74) is 0. The second-order valence-corrected chi connectivity index (χ2v) is 6.00. The molecule has 0 aliphatic rings. The minimum absolute atomic E-state index is 1.24. The Bertz CT molecular complexity index is 711. The molecule has 5 aromatic carbocycles. The van der Waals surface area contributed by atoms with Crippen molar-refractivity contribution >= 4 is 0 Å². The summed E-state index contributed by atoms with van der Waals surface area (Å²) in [6.07, 6.45) is 0. The van der Waals surface area contributed by atoms with Crippen molar-refractivity contribution in [3.63, 3.8) is 0 Å². The van der Waals surface area contributed by atoms with Gasteiger partial charge in [0.2, 0.25) is 0 Å². The van der Waals surface area contributed by atoms with Crippen molar-refractivity contribution in [3.8, 4) is 12.1 Å². The normalized spacial score (nSPS) is 7.35. The molecule has 0 fully saturated rings. The Labute approximate surface area is 204 Å². The van der Waals surface area contributed by atoms with Crippen LogP contribution in [0.2, 0.25) is 0 Å². The van der Waals surface area contributed by atoms with Crippen LogP contribution in [0.1, 0.15) is 0 Å². The predicted octanol–water partition coefficient (Wildman–Crippen LogP) is 8.47. The zero-order valence-electron chi connectivity index (χ0n) is 19.2. The van der Waals surface area contributed by atoms with E-state index in [1.807, 2.05) is 182 Å². The third kappa shape index (κ3) is 27.1. The highest BCUT2D eigenvalue weighted by atomic mass is 14.3. The molecule has 0 spiro atoms. The molecular weight excluding hydrogens is 412 g/mol. The topological polar surface area (TPSA) is 47.6 Å². The van der Waals surface area contributed by atoms with Gasteiger partial charge in [0.25, 0.3) is 0 Å². The van der Waals surface area contributed by atoms with E-state index in [9.17, 15) is 0 Å². The predicted molar refractivity (Wildman–Crippen MR) is 143 cm³/mol. The van der Waals surface area contributed by atoms with Crippen LogP contribution in [0.25, 0.3) is 0 Å². The third-order valence-electron chi connectivity index (χ3n) is 3.38. The number of benzene rings is 5. The van der Waals surface area contributed by atoms with Gasteiger partial charge < -0.3 is 0 Å². The van der Waals surface area contributed by atoms with E-state index >= 15 is 0 Å². The molecule has 0 aromatic heterocycles. The summed E-state index contributed by atoms with van der Waals surface area (Å²) in [4.78, 5) is 0. The van der Waals surface area contributed by atoms with Gasteiger partial charge in [0.1, 0.15) is 0 Å². The molecule has 2 nitrogen and oxygen atoms in total. The lowest BCUT2D eigenvalue weighted by Crippen LogP contribution is -1.47. The molecule has 5 aromatic rings. The molecular formula is C32H30N2. The lowest BCUT2D eigenvalue weighted by Gasteiger charge is -1.69. The fourth-order valence-electron chi connectivity index (χ4n) is 1.92. The van der Waals surface area contributed by atoms with Crippen LogP contribution in [-0.2, 0) is 0 Å². The van der Waals surface area contributed by atoms with Gasteiger partial charge in [0.15, 0.2) is 12.1 Å². The van der Waals surface area contributed by atoms with Crippen molar-refractivity contribution in [1.29, 1.82) is 10.5 Å². The standard InChI is InChI=1S/5C6H6.C2N2/c5*1-2-4-6-5-3-1;3-1-2-4/h5*1-6H;. The number of rotatable bonds is 0. The van der Waals surface area contributed by atoms with Gasteiger partial charge in [0.05, 0.1) is 0 Å². The van der Waals surface area contributed by atoms with Crippen molar-refractivity contribution in [3.05, 3.63) is 182 Å². The highest BCUT2D eigenvalue weighted by Crippen LogP contribution is 1.82. The van der Waals surface area contributed by atoms with E-state index < -0.39 is 0 Å². The molecule has 2 heteroatoms. The number of nitrogens with zero attached hydrogens (tertiary/aromatic N) is 2. The fourth-order valence-corrected chi connectivity index (χ4v) is 1.92. The van der Waals surface area contributed by atoms with Crippen molar-refractivity contribution in [2.75, 3.05) is 0 Å². The van der Waals surface area contributed by atoms with E-state index in [0.717, 1.165) is 0 Å². The molecule has 0 radical (unpaired) electrons. The lowest BCUT2D eigenvalue weighted by atomic mass is 10.4. The summed E-state index contributed by atoms with van der Waals surface area (Å²) < 4.78 is 0. The molecule has 0 bridgehead atoms. The first-order valence-electron chi connectivity index (χ1n) is 10.7. The van der Waals surface area contributed by atoms with Crippen LogP contribution < -0.4 is 0 Å². The monoisotopic (exact) mass is 442 g/mol. The lowest BCUT2D eigenvalue weighted by molar-refractivity contribution is 1.49. The van der Waals surface area contributed by atoms with Gasteiger partial charge in [-0.05, 0) is 0 Å². The van der Waals surface area contributed by atoms with Gasteiger partial charge in [0, 0.05) is 0 Å². The van der Waals surface area contributed by atoms with Gasteiger partial charge in [-0.15, -0.1) is 0 Å². The third-order valence-corrected chi connectivity index (χ3v) is 3.38. The first-order chi connectivity index (χ1) is 16.9. The van der Waals surface area contributed by atoms with Crippen molar-refractivity contribution in [2.45, 2.75) is 0 Å². The Kier molecular flexibility index (Phi) is 24.0. The van der Waals surface area contributed by atoms with Gasteiger partial charge in [-0.1, -0.05) is 182 Å². The fraction of sp³-hybridized carbons (Fsp3) is 0. The summed E-state index contributed by atoms with van der Waals surface area (Å²) in [7, 11) is 0. The van der Waals surface area contributed by atoms with Gasteiger partial charge in [-0.3, -0.25) is 0 Å². The molecule has 0 heterocycles. The maximum atomic E-state index is 7.26. The molecule has 34 heavy (non-hydrogen) atoms. The Morgan fingerprint density at radius 2 is 0.235 bits per heavy atom. The average Bonchev–Trinajstić information content (AvgIpc) is 2.99. The molecule has 0 saturated carbocycles.